The Hall–Kier alpha value is -0.420. The van der Waals surface area contributed by atoms with E-state index in [9.17, 15) is 5.11 Å². The average Bonchev–Trinajstić information content (AvgIpc) is 2.41. The van der Waals surface area contributed by atoms with Gasteiger partial charge in [0.1, 0.15) is 0 Å². The van der Waals surface area contributed by atoms with Crippen LogP contribution < -0.4 is 5.32 Å². The van der Waals surface area contributed by atoms with E-state index < -0.39 is 0 Å². The lowest BCUT2D eigenvalue weighted by Crippen LogP contribution is -2.51. The normalized spacial score (nSPS) is 29.0. The molecule has 2 aliphatic rings. The van der Waals surface area contributed by atoms with Crippen LogP contribution in [-0.2, 0) is 6.42 Å². The van der Waals surface area contributed by atoms with Crippen molar-refractivity contribution in [1.29, 1.82) is 0 Å². The summed E-state index contributed by atoms with van der Waals surface area (Å²) in [7, 11) is 0. The van der Waals surface area contributed by atoms with Gasteiger partial charge in [0.15, 0.2) is 0 Å². The Kier molecular flexibility index (Phi) is 3.71. The first-order chi connectivity index (χ1) is 8.77. The Morgan fingerprint density at radius 3 is 2.83 bits per heavy atom. The third kappa shape index (κ3) is 2.23. The lowest BCUT2D eigenvalue weighted by molar-refractivity contribution is 0.0296. The van der Waals surface area contributed by atoms with Crippen LogP contribution in [0.15, 0.2) is 22.7 Å². The Labute approximate surface area is 116 Å². The van der Waals surface area contributed by atoms with E-state index in [2.05, 4.69) is 38.3 Å². The standard InChI is InChI=1S/C14H19BrN2O/c15-12-3-1-2-11-10(12)4-5-13(14(11)18)17-8-6-16-7-9-17/h1-3,13-14,16,18H,4-9H2. The number of fused-ring (bicyclic) bond motifs is 1. The molecule has 3 nitrogen and oxygen atoms in total. The van der Waals surface area contributed by atoms with E-state index in [4.69, 9.17) is 0 Å². The number of hydrogen-bond acceptors (Lipinski definition) is 3. The predicted octanol–water partition coefficient (Wildman–Crippen LogP) is 1.70. The summed E-state index contributed by atoms with van der Waals surface area (Å²) in [5, 5.41) is 14.0. The molecule has 1 fully saturated rings. The molecule has 0 amide bonds. The van der Waals surface area contributed by atoms with Gasteiger partial charge in [-0.15, -0.1) is 0 Å². The molecule has 1 aliphatic carbocycles. The highest BCUT2D eigenvalue weighted by molar-refractivity contribution is 9.10. The second-order valence-electron chi connectivity index (χ2n) is 5.14. The van der Waals surface area contributed by atoms with Crippen LogP contribution in [0.1, 0.15) is 23.7 Å². The molecule has 3 rings (SSSR count). The minimum atomic E-state index is -0.343. The number of halogens is 1. The van der Waals surface area contributed by atoms with Crippen LogP contribution in [0.5, 0.6) is 0 Å². The predicted molar refractivity (Wildman–Crippen MR) is 75.7 cm³/mol. The maximum Gasteiger partial charge on any atom is 0.0948 e. The van der Waals surface area contributed by atoms with Gasteiger partial charge in [-0.1, -0.05) is 28.1 Å². The highest BCUT2D eigenvalue weighted by atomic mass is 79.9. The third-order valence-corrected chi connectivity index (χ3v) is 4.89. The van der Waals surface area contributed by atoms with Crippen molar-refractivity contribution in [2.75, 3.05) is 26.2 Å². The van der Waals surface area contributed by atoms with Crippen molar-refractivity contribution in [3.05, 3.63) is 33.8 Å². The van der Waals surface area contributed by atoms with Crippen molar-refractivity contribution in [3.8, 4) is 0 Å². The monoisotopic (exact) mass is 310 g/mol. The zero-order chi connectivity index (χ0) is 12.5. The fourth-order valence-electron chi connectivity index (χ4n) is 3.17. The van der Waals surface area contributed by atoms with E-state index in [1.54, 1.807) is 0 Å². The summed E-state index contributed by atoms with van der Waals surface area (Å²) < 4.78 is 1.14. The molecule has 1 aliphatic heterocycles. The van der Waals surface area contributed by atoms with E-state index in [1.165, 1.54) is 5.56 Å². The fraction of sp³-hybridized carbons (Fsp3) is 0.571. The molecule has 0 aromatic heterocycles. The van der Waals surface area contributed by atoms with Crippen LogP contribution >= 0.6 is 15.9 Å². The van der Waals surface area contributed by atoms with Gasteiger partial charge in [-0.25, -0.2) is 0 Å². The summed E-state index contributed by atoms with van der Waals surface area (Å²) in [6.07, 6.45) is 1.77. The number of nitrogens with zero attached hydrogens (tertiary/aromatic N) is 1. The summed E-state index contributed by atoms with van der Waals surface area (Å²) in [6, 6.07) is 6.44. The molecule has 1 heterocycles. The van der Waals surface area contributed by atoms with Crippen LogP contribution in [0, 0.1) is 0 Å². The van der Waals surface area contributed by atoms with E-state index in [1.807, 2.05) is 6.07 Å². The zero-order valence-corrected chi connectivity index (χ0v) is 12.0. The first-order valence-corrected chi connectivity index (χ1v) is 7.47. The van der Waals surface area contributed by atoms with Gasteiger partial charge in [-0.05, 0) is 30.0 Å². The fourth-order valence-corrected chi connectivity index (χ4v) is 3.75. The lowest BCUT2D eigenvalue weighted by Gasteiger charge is -2.40. The summed E-state index contributed by atoms with van der Waals surface area (Å²) in [5.74, 6) is 0. The van der Waals surface area contributed by atoms with Gasteiger partial charge in [-0.3, -0.25) is 4.90 Å². The molecule has 1 aromatic rings. The van der Waals surface area contributed by atoms with Gasteiger partial charge in [0.05, 0.1) is 6.10 Å². The van der Waals surface area contributed by atoms with Gasteiger partial charge >= 0.3 is 0 Å². The van der Waals surface area contributed by atoms with Crippen LogP contribution in [0.25, 0.3) is 0 Å². The molecule has 0 saturated carbocycles. The van der Waals surface area contributed by atoms with Crippen LogP contribution in [0.4, 0.5) is 0 Å². The summed E-state index contributed by atoms with van der Waals surface area (Å²) in [4.78, 5) is 2.44. The molecular weight excluding hydrogens is 292 g/mol. The molecule has 2 unspecified atom stereocenters. The third-order valence-electron chi connectivity index (χ3n) is 4.15. The van der Waals surface area contributed by atoms with Crippen molar-refractivity contribution in [3.63, 3.8) is 0 Å². The molecule has 2 N–H and O–H groups in total. The SMILES string of the molecule is OC1c2cccc(Br)c2CCC1N1CCNCC1. The molecule has 98 valence electrons. The number of hydrogen-bond donors (Lipinski definition) is 2. The van der Waals surface area contributed by atoms with Gasteiger partial charge in [0.2, 0.25) is 0 Å². The lowest BCUT2D eigenvalue weighted by atomic mass is 9.85. The molecule has 2 atom stereocenters. The second-order valence-corrected chi connectivity index (χ2v) is 6.00. The number of rotatable bonds is 1. The summed E-state index contributed by atoms with van der Waals surface area (Å²) >= 11 is 3.59. The van der Waals surface area contributed by atoms with E-state index >= 15 is 0 Å². The minimum absolute atomic E-state index is 0.286. The molecule has 18 heavy (non-hydrogen) atoms. The number of piperazine rings is 1. The molecule has 1 saturated heterocycles. The molecule has 0 bridgehead atoms. The largest absolute Gasteiger partial charge is 0.387 e. The van der Waals surface area contributed by atoms with Crippen molar-refractivity contribution in [1.82, 2.24) is 10.2 Å². The number of aliphatic hydroxyl groups excluding tert-OH is 1. The number of aliphatic hydroxyl groups is 1. The Morgan fingerprint density at radius 2 is 2.06 bits per heavy atom. The first-order valence-electron chi connectivity index (χ1n) is 6.67. The smallest absolute Gasteiger partial charge is 0.0948 e. The van der Waals surface area contributed by atoms with Crippen LogP contribution in [-0.4, -0.2) is 42.2 Å². The van der Waals surface area contributed by atoms with Crippen LogP contribution in [0.2, 0.25) is 0 Å². The highest BCUT2D eigenvalue weighted by Crippen LogP contribution is 2.36. The van der Waals surface area contributed by atoms with Crippen LogP contribution in [0.3, 0.4) is 0 Å². The maximum absolute atomic E-state index is 10.6. The Balaban J connectivity index is 1.84. The molecule has 1 aromatic carbocycles. The van der Waals surface area contributed by atoms with Gasteiger partial charge in [0, 0.05) is 36.7 Å². The van der Waals surface area contributed by atoms with Crippen molar-refractivity contribution in [2.24, 2.45) is 0 Å². The van der Waals surface area contributed by atoms with Gasteiger partial charge in [0.25, 0.3) is 0 Å². The Bertz CT molecular complexity index is 432. The van der Waals surface area contributed by atoms with Gasteiger partial charge in [-0.2, -0.15) is 0 Å². The molecule has 4 heteroatoms. The maximum atomic E-state index is 10.6. The second kappa shape index (κ2) is 5.29. The van der Waals surface area contributed by atoms with Crippen molar-refractivity contribution in [2.45, 2.75) is 25.0 Å². The molecule has 0 radical (unpaired) electrons. The van der Waals surface area contributed by atoms with Gasteiger partial charge < -0.3 is 10.4 Å². The van der Waals surface area contributed by atoms with E-state index in [-0.39, 0.29) is 12.1 Å². The number of benzene rings is 1. The summed E-state index contributed by atoms with van der Waals surface area (Å²) in [5.41, 5.74) is 2.40. The highest BCUT2D eigenvalue weighted by Gasteiger charge is 2.33. The topological polar surface area (TPSA) is 35.5 Å². The number of nitrogens with one attached hydrogen (secondary N) is 1. The van der Waals surface area contributed by atoms with Crippen molar-refractivity contribution < 1.29 is 5.11 Å². The summed E-state index contributed by atoms with van der Waals surface area (Å²) in [6.45, 7) is 4.17. The molecular formula is C14H19BrN2O. The average molecular weight is 311 g/mol. The van der Waals surface area contributed by atoms with E-state index in [0.717, 1.165) is 49.1 Å². The Morgan fingerprint density at radius 1 is 1.28 bits per heavy atom. The van der Waals surface area contributed by atoms with Crippen molar-refractivity contribution >= 4 is 15.9 Å². The first kappa shape index (κ1) is 12.6. The molecule has 0 spiro atoms. The minimum Gasteiger partial charge on any atom is -0.387 e. The quantitative estimate of drug-likeness (QED) is 0.829. The zero-order valence-electron chi connectivity index (χ0n) is 10.4. The van der Waals surface area contributed by atoms with E-state index in [0.29, 0.717) is 0 Å².